The Morgan fingerprint density at radius 1 is 1.50 bits per heavy atom. The predicted octanol–water partition coefficient (Wildman–Crippen LogP) is 1.02. The fourth-order valence-electron chi connectivity index (χ4n) is 1.23. The number of fused-ring (bicyclic) bond motifs is 1. The summed E-state index contributed by atoms with van der Waals surface area (Å²) in [4.78, 5) is 15.2. The molecule has 0 spiro atoms. The lowest BCUT2D eigenvalue weighted by Gasteiger charge is -2.15. The van der Waals surface area contributed by atoms with Crippen LogP contribution >= 0.6 is 15.9 Å². The molecule has 1 aliphatic rings. The minimum atomic E-state index is 0.0492. The van der Waals surface area contributed by atoms with Crippen LogP contribution in [-0.2, 0) is 17.8 Å². The molecule has 1 aromatic rings. The van der Waals surface area contributed by atoms with Gasteiger partial charge in [0.2, 0.25) is 5.91 Å². The Morgan fingerprint density at radius 2 is 2.33 bits per heavy atom. The van der Waals surface area contributed by atoms with Crippen LogP contribution in [0, 0.1) is 0 Å². The van der Waals surface area contributed by atoms with Gasteiger partial charge < -0.3 is 5.32 Å². The maximum absolute atomic E-state index is 11.0. The minimum Gasteiger partial charge on any atom is -0.352 e. The second-order valence-electron chi connectivity index (χ2n) is 2.69. The number of nitrogens with one attached hydrogen (secondary N) is 1. The van der Waals surface area contributed by atoms with Gasteiger partial charge in [-0.2, -0.15) is 0 Å². The van der Waals surface area contributed by atoms with Crippen LogP contribution in [0.15, 0.2) is 16.7 Å². The van der Waals surface area contributed by atoms with E-state index in [1.165, 1.54) is 0 Å². The molecule has 12 heavy (non-hydrogen) atoms. The molecule has 0 bridgehead atoms. The molecule has 4 heteroatoms. The van der Waals surface area contributed by atoms with E-state index in [0.29, 0.717) is 13.0 Å². The summed E-state index contributed by atoms with van der Waals surface area (Å²) in [6.45, 7) is 0.606. The fourth-order valence-corrected chi connectivity index (χ4v) is 1.57. The Labute approximate surface area is 78.3 Å². The van der Waals surface area contributed by atoms with Crippen LogP contribution in [0.2, 0.25) is 0 Å². The second kappa shape index (κ2) is 2.86. The highest BCUT2D eigenvalue weighted by Gasteiger charge is 2.15. The Hall–Kier alpha value is -0.900. The number of hydrogen-bond acceptors (Lipinski definition) is 2. The van der Waals surface area contributed by atoms with Gasteiger partial charge in [-0.25, -0.2) is 4.98 Å². The quantitative estimate of drug-likeness (QED) is 0.672. The van der Waals surface area contributed by atoms with Crippen molar-refractivity contribution in [3.05, 3.63) is 28.0 Å². The molecule has 1 amide bonds. The number of carbonyl (C=O) groups excluding carboxylic acids is 1. The Balaban J connectivity index is 2.44. The number of halogens is 1. The average Bonchev–Trinajstić information content (AvgIpc) is 2.03. The lowest BCUT2D eigenvalue weighted by atomic mass is 10.1. The van der Waals surface area contributed by atoms with E-state index < -0.39 is 0 Å². The number of hydrogen-bond donors (Lipinski definition) is 1. The monoisotopic (exact) mass is 226 g/mol. The van der Waals surface area contributed by atoms with Crippen molar-refractivity contribution >= 4 is 21.8 Å². The third kappa shape index (κ3) is 1.34. The van der Waals surface area contributed by atoms with Crippen molar-refractivity contribution < 1.29 is 4.79 Å². The van der Waals surface area contributed by atoms with Gasteiger partial charge in [0.15, 0.2) is 0 Å². The molecular weight excluding hydrogens is 220 g/mol. The molecular formula is C8H7BrN2O. The zero-order valence-electron chi connectivity index (χ0n) is 6.30. The topological polar surface area (TPSA) is 42.0 Å². The second-order valence-corrected chi connectivity index (χ2v) is 3.51. The van der Waals surface area contributed by atoms with E-state index in [0.717, 1.165) is 15.9 Å². The number of pyridine rings is 1. The van der Waals surface area contributed by atoms with E-state index in [2.05, 4.69) is 26.2 Å². The molecule has 3 nitrogen and oxygen atoms in total. The summed E-state index contributed by atoms with van der Waals surface area (Å²) in [5.74, 6) is 0.0492. The molecule has 0 saturated heterocycles. The molecule has 0 atom stereocenters. The van der Waals surface area contributed by atoms with Crippen LogP contribution in [0.1, 0.15) is 11.3 Å². The summed E-state index contributed by atoms with van der Waals surface area (Å²) in [6, 6.07) is 3.86. The van der Waals surface area contributed by atoms with Gasteiger partial charge in [0.05, 0.1) is 12.1 Å². The Kier molecular flexibility index (Phi) is 1.84. The van der Waals surface area contributed by atoms with E-state index in [1.807, 2.05) is 12.1 Å². The summed E-state index contributed by atoms with van der Waals surface area (Å²) in [5, 5.41) is 2.76. The van der Waals surface area contributed by atoms with Crippen molar-refractivity contribution in [3.8, 4) is 0 Å². The fraction of sp³-hybridized carbons (Fsp3) is 0.250. The Morgan fingerprint density at radius 3 is 3.17 bits per heavy atom. The zero-order chi connectivity index (χ0) is 8.55. The highest BCUT2D eigenvalue weighted by Crippen LogP contribution is 2.15. The smallest absolute Gasteiger partial charge is 0.226 e. The van der Waals surface area contributed by atoms with E-state index in [-0.39, 0.29) is 5.91 Å². The standard InChI is InChI=1S/C8H7BrN2O/c9-7-2-1-5-4-10-8(12)3-6(5)11-7/h1-2H,3-4H2,(H,10,12). The molecule has 0 saturated carbocycles. The first-order valence-electron chi connectivity index (χ1n) is 3.67. The maximum atomic E-state index is 11.0. The highest BCUT2D eigenvalue weighted by molar-refractivity contribution is 9.10. The van der Waals surface area contributed by atoms with Crippen molar-refractivity contribution in [1.82, 2.24) is 10.3 Å². The molecule has 0 radical (unpaired) electrons. The average molecular weight is 227 g/mol. The number of aromatic nitrogens is 1. The van der Waals surface area contributed by atoms with Gasteiger partial charge in [-0.05, 0) is 27.6 Å². The van der Waals surface area contributed by atoms with Crippen LogP contribution < -0.4 is 5.32 Å². The molecule has 0 aromatic carbocycles. The SMILES string of the molecule is O=C1Cc2nc(Br)ccc2CN1. The van der Waals surface area contributed by atoms with Gasteiger partial charge in [-0.1, -0.05) is 6.07 Å². The van der Waals surface area contributed by atoms with Gasteiger partial charge in [0.25, 0.3) is 0 Å². The van der Waals surface area contributed by atoms with Gasteiger partial charge in [0.1, 0.15) is 4.60 Å². The largest absolute Gasteiger partial charge is 0.352 e. The van der Waals surface area contributed by atoms with Crippen LogP contribution in [-0.4, -0.2) is 10.9 Å². The molecule has 0 aliphatic carbocycles. The molecule has 1 aliphatic heterocycles. The summed E-state index contributed by atoms with van der Waals surface area (Å²) in [6.07, 6.45) is 0.398. The molecule has 1 N–H and O–H groups in total. The third-order valence-corrected chi connectivity index (χ3v) is 2.28. The molecule has 62 valence electrons. The van der Waals surface area contributed by atoms with E-state index in [9.17, 15) is 4.79 Å². The third-order valence-electron chi connectivity index (χ3n) is 1.84. The van der Waals surface area contributed by atoms with Crippen molar-refractivity contribution in [1.29, 1.82) is 0 Å². The van der Waals surface area contributed by atoms with E-state index in [1.54, 1.807) is 0 Å². The summed E-state index contributed by atoms with van der Waals surface area (Å²) >= 11 is 3.27. The zero-order valence-corrected chi connectivity index (χ0v) is 7.89. The lowest BCUT2D eigenvalue weighted by molar-refractivity contribution is -0.121. The van der Waals surface area contributed by atoms with Gasteiger partial charge in [0, 0.05) is 6.54 Å². The van der Waals surface area contributed by atoms with Gasteiger partial charge in [-0.3, -0.25) is 4.79 Å². The normalized spacial score (nSPS) is 15.2. The maximum Gasteiger partial charge on any atom is 0.226 e. The highest BCUT2D eigenvalue weighted by atomic mass is 79.9. The lowest BCUT2D eigenvalue weighted by Crippen LogP contribution is -2.30. The van der Waals surface area contributed by atoms with E-state index in [4.69, 9.17) is 0 Å². The number of carbonyl (C=O) groups is 1. The van der Waals surface area contributed by atoms with Crippen molar-refractivity contribution in [3.63, 3.8) is 0 Å². The Bertz CT molecular complexity index is 338. The van der Waals surface area contributed by atoms with Crippen LogP contribution in [0.3, 0.4) is 0 Å². The first-order chi connectivity index (χ1) is 5.75. The summed E-state index contributed by atoms with van der Waals surface area (Å²) in [7, 11) is 0. The summed E-state index contributed by atoms with van der Waals surface area (Å²) < 4.78 is 0.788. The van der Waals surface area contributed by atoms with Gasteiger partial charge >= 0.3 is 0 Å². The molecule has 0 fully saturated rings. The van der Waals surface area contributed by atoms with Gasteiger partial charge in [-0.15, -0.1) is 0 Å². The van der Waals surface area contributed by atoms with Crippen LogP contribution in [0.4, 0.5) is 0 Å². The molecule has 2 rings (SSSR count). The van der Waals surface area contributed by atoms with E-state index >= 15 is 0 Å². The number of rotatable bonds is 0. The first kappa shape index (κ1) is 7.73. The number of nitrogens with zero attached hydrogens (tertiary/aromatic N) is 1. The minimum absolute atomic E-state index is 0.0492. The van der Waals surface area contributed by atoms with Crippen LogP contribution in [0.5, 0.6) is 0 Å². The molecule has 2 heterocycles. The van der Waals surface area contributed by atoms with Crippen molar-refractivity contribution in [2.24, 2.45) is 0 Å². The van der Waals surface area contributed by atoms with Crippen molar-refractivity contribution in [2.45, 2.75) is 13.0 Å². The van der Waals surface area contributed by atoms with Crippen molar-refractivity contribution in [2.75, 3.05) is 0 Å². The summed E-state index contributed by atoms with van der Waals surface area (Å²) in [5.41, 5.74) is 1.99. The predicted molar refractivity (Wildman–Crippen MR) is 47.5 cm³/mol. The molecule has 1 aromatic heterocycles. The first-order valence-corrected chi connectivity index (χ1v) is 4.46. The molecule has 0 unspecified atom stereocenters. The van der Waals surface area contributed by atoms with Crippen LogP contribution in [0.25, 0.3) is 0 Å². The number of amides is 1.